The number of benzene rings is 2. The number of aromatic amines is 1. The van der Waals surface area contributed by atoms with Crippen LogP contribution in [0.25, 0.3) is 11.0 Å². The summed E-state index contributed by atoms with van der Waals surface area (Å²) < 4.78 is 12.2. The van der Waals surface area contributed by atoms with Gasteiger partial charge in [0.2, 0.25) is 11.8 Å². The Morgan fingerprint density at radius 2 is 1.45 bits per heavy atom. The highest BCUT2D eigenvalue weighted by atomic mass is 16.5. The van der Waals surface area contributed by atoms with Gasteiger partial charge in [0.15, 0.2) is 11.5 Å². The van der Waals surface area contributed by atoms with Gasteiger partial charge in [-0.2, -0.15) is 5.10 Å². The van der Waals surface area contributed by atoms with Crippen LogP contribution in [0.3, 0.4) is 0 Å². The van der Waals surface area contributed by atoms with Gasteiger partial charge in [-0.1, -0.05) is 30.4 Å². The minimum Gasteiger partial charge on any atom is -0.457 e. The molecule has 7 rings (SSSR count). The van der Waals surface area contributed by atoms with Gasteiger partial charge in [-0.25, -0.2) is 9.97 Å². The third-order valence-electron chi connectivity index (χ3n) is 9.27. The first-order valence-corrected chi connectivity index (χ1v) is 17.0. The molecular formula is C37H42N8O4. The Balaban J connectivity index is 1.12. The van der Waals surface area contributed by atoms with Crippen LogP contribution >= 0.6 is 0 Å². The van der Waals surface area contributed by atoms with Crippen molar-refractivity contribution in [2.75, 3.05) is 45.2 Å². The number of likely N-dealkylation sites (N-methyl/N-ethyl adjacent to an activating group) is 2. The number of ether oxygens (including phenoxy) is 2. The van der Waals surface area contributed by atoms with Crippen molar-refractivity contribution in [3.05, 3.63) is 85.2 Å². The smallest absolute Gasteiger partial charge is 0.252 e. The van der Waals surface area contributed by atoms with Crippen LogP contribution in [0.4, 0.5) is 5.82 Å². The van der Waals surface area contributed by atoms with E-state index in [0.717, 1.165) is 12.3 Å². The molecule has 1 aliphatic heterocycles. The first kappa shape index (κ1) is 32.5. The van der Waals surface area contributed by atoms with Crippen molar-refractivity contribution in [1.82, 2.24) is 34.9 Å². The highest BCUT2D eigenvalue weighted by Crippen LogP contribution is 2.36. The monoisotopic (exact) mass is 662 g/mol. The lowest BCUT2D eigenvalue weighted by molar-refractivity contribution is -0.125. The molecule has 49 heavy (non-hydrogen) atoms. The van der Waals surface area contributed by atoms with Crippen LogP contribution < -0.4 is 14.4 Å². The van der Waals surface area contributed by atoms with Gasteiger partial charge in [0, 0.05) is 50.4 Å². The summed E-state index contributed by atoms with van der Waals surface area (Å²) >= 11 is 0. The van der Waals surface area contributed by atoms with Crippen molar-refractivity contribution < 1.29 is 19.1 Å². The summed E-state index contributed by atoms with van der Waals surface area (Å²) in [7, 11) is 4.16. The second-order valence-electron chi connectivity index (χ2n) is 13.0. The van der Waals surface area contributed by atoms with E-state index in [1.807, 2.05) is 54.6 Å². The summed E-state index contributed by atoms with van der Waals surface area (Å²) in [6, 6.07) is 17.7. The number of hydrogen-bond donors (Lipinski definition) is 1. The predicted molar refractivity (Wildman–Crippen MR) is 187 cm³/mol. The van der Waals surface area contributed by atoms with Crippen LogP contribution in [0.2, 0.25) is 0 Å². The lowest BCUT2D eigenvalue weighted by Gasteiger charge is -2.26. The van der Waals surface area contributed by atoms with Gasteiger partial charge in [0.05, 0.1) is 6.04 Å². The predicted octanol–water partition coefficient (Wildman–Crippen LogP) is 5.17. The molecule has 1 saturated heterocycles. The minimum absolute atomic E-state index is 0.0559. The fraction of sp³-hybridized carbons (Fsp3) is 0.378. The standard InChI is InChI=1S/C37H42N8O4/c1-42(26-12-13-26)21-6-10-32(46)44-23-20-28(24-44)45(33(47)11-7-22-43(2)27-14-15-27)36-34-35(40-41-36)38-25-39-37(34)49-31-18-16-30(17-19-31)48-29-8-4-3-5-9-29/h3-11,16-19,25-28H,12-15,20-24H2,1-2H3,(H,38,39,40,41)/b10-6+,11-7+/t28-/m1/s1. The van der Waals surface area contributed by atoms with Crippen molar-refractivity contribution in [3.8, 4) is 23.1 Å². The molecule has 1 N–H and O–H groups in total. The molecule has 2 aromatic heterocycles. The Hall–Kier alpha value is -5.07. The quantitative estimate of drug-likeness (QED) is 0.182. The topological polar surface area (TPSA) is 120 Å². The van der Waals surface area contributed by atoms with Crippen molar-refractivity contribution >= 4 is 28.7 Å². The van der Waals surface area contributed by atoms with Crippen molar-refractivity contribution in [1.29, 1.82) is 0 Å². The molecule has 2 saturated carbocycles. The van der Waals surface area contributed by atoms with E-state index in [0.29, 0.717) is 66.5 Å². The molecule has 3 fully saturated rings. The van der Waals surface area contributed by atoms with Gasteiger partial charge < -0.3 is 14.4 Å². The molecule has 4 aromatic rings. The fourth-order valence-corrected chi connectivity index (χ4v) is 6.15. The number of nitrogens with zero attached hydrogens (tertiary/aromatic N) is 7. The van der Waals surface area contributed by atoms with Crippen LogP contribution in [-0.4, -0.2) is 105 Å². The summed E-state index contributed by atoms with van der Waals surface area (Å²) in [6.07, 6.45) is 13.9. The number of carbonyl (C=O) groups is 2. The normalized spacial score (nSPS) is 18.0. The first-order chi connectivity index (χ1) is 23.9. The van der Waals surface area contributed by atoms with Crippen LogP contribution in [0, 0.1) is 0 Å². The summed E-state index contributed by atoms with van der Waals surface area (Å²) in [4.78, 5) is 44.0. The van der Waals surface area contributed by atoms with E-state index >= 15 is 0 Å². The Labute approximate surface area is 286 Å². The minimum atomic E-state index is -0.307. The molecule has 0 radical (unpaired) electrons. The van der Waals surface area contributed by atoms with Gasteiger partial charge in [-0.05, 0) is 82.6 Å². The summed E-state index contributed by atoms with van der Waals surface area (Å²) in [5, 5.41) is 8.03. The Morgan fingerprint density at radius 3 is 2.12 bits per heavy atom. The van der Waals surface area contributed by atoms with Crippen molar-refractivity contribution in [2.24, 2.45) is 0 Å². The number of rotatable bonds is 14. The molecule has 0 spiro atoms. The van der Waals surface area contributed by atoms with E-state index in [4.69, 9.17) is 9.47 Å². The third-order valence-corrected chi connectivity index (χ3v) is 9.27. The first-order valence-electron chi connectivity index (χ1n) is 17.0. The van der Waals surface area contributed by atoms with E-state index in [9.17, 15) is 9.59 Å². The van der Waals surface area contributed by atoms with E-state index in [1.165, 1.54) is 32.0 Å². The number of amides is 2. The zero-order valence-electron chi connectivity index (χ0n) is 27.9. The maximum absolute atomic E-state index is 14.0. The number of para-hydroxylation sites is 1. The van der Waals surface area contributed by atoms with Crippen LogP contribution in [0.5, 0.6) is 23.1 Å². The fourth-order valence-electron chi connectivity index (χ4n) is 6.15. The average molecular weight is 663 g/mol. The molecule has 0 unspecified atom stereocenters. The zero-order valence-corrected chi connectivity index (χ0v) is 27.9. The number of hydrogen-bond acceptors (Lipinski definition) is 9. The lowest BCUT2D eigenvalue weighted by Crippen LogP contribution is -2.42. The molecule has 12 nitrogen and oxygen atoms in total. The number of nitrogens with one attached hydrogen (secondary N) is 1. The zero-order chi connectivity index (χ0) is 33.7. The maximum atomic E-state index is 14.0. The summed E-state index contributed by atoms with van der Waals surface area (Å²) in [5.41, 5.74) is 0.438. The third kappa shape index (κ3) is 7.98. The number of likely N-dealkylation sites (tertiary alicyclic amines) is 1. The Bertz CT molecular complexity index is 1820. The Morgan fingerprint density at radius 1 is 0.816 bits per heavy atom. The van der Waals surface area contributed by atoms with Gasteiger partial charge >= 0.3 is 0 Å². The molecule has 3 aliphatic rings. The number of fused-ring (bicyclic) bond motifs is 1. The van der Waals surface area contributed by atoms with Crippen molar-refractivity contribution in [3.63, 3.8) is 0 Å². The highest BCUT2D eigenvalue weighted by molar-refractivity contribution is 6.07. The molecule has 1 atom stereocenters. The number of H-pyrrole nitrogens is 1. The molecular weight excluding hydrogens is 620 g/mol. The molecule has 0 bridgehead atoms. The molecule has 2 amide bonds. The Kier molecular flexibility index (Phi) is 9.67. The SMILES string of the molecule is CN(C/C=C/C(=O)N1CC[C@@H](N(C(=O)/C=C/CN(C)C2CC2)c2n[nH]c3ncnc(Oc4ccc(Oc5ccccc5)cc4)c23)C1)C1CC1. The molecule has 3 heterocycles. The summed E-state index contributed by atoms with van der Waals surface area (Å²) in [6.45, 7) is 2.32. The highest BCUT2D eigenvalue weighted by Gasteiger charge is 2.36. The van der Waals surface area contributed by atoms with E-state index in [2.05, 4.69) is 44.1 Å². The van der Waals surface area contributed by atoms with E-state index < -0.39 is 0 Å². The maximum Gasteiger partial charge on any atom is 0.252 e. The van der Waals surface area contributed by atoms with Gasteiger partial charge in [-0.3, -0.25) is 29.4 Å². The van der Waals surface area contributed by atoms with Crippen molar-refractivity contribution in [2.45, 2.75) is 50.2 Å². The van der Waals surface area contributed by atoms with E-state index in [1.54, 1.807) is 34.1 Å². The molecule has 2 aliphatic carbocycles. The lowest BCUT2D eigenvalue weighted by atomic mass is 10.2. The van der Waals surface area contributed by atoms with Gasteiger partial charge in [0.1, 0.15) is 29.0 Å². The second kappa shape index (κ2) is 14.6. The summed E-state index contributed by atoms with van der Waals surface area (Å²) in [5.74, 6) is 2.27. The molecule has 254 valence electrons. The molecule has 12 heteroatoms. The second-order valence-corrected chi connectivity index (χ2v) is 13.0. The van der Waals surface area contributed by atoms with Crippen LogP contribution in [-0.2, 0) is 9.59 Å². The van der Waals surface area contributed by atoms with Gasteiger partial charge in [0.25, 0.3) is 5.91 Å². The van der Waals surface area contributed by atoms with Crippen LogP contribution in [0.15, 0.2) is 85.2 Å². The van der Waals surface area contributed by atoms with Crippen LogP contribution in [0.1, 0.15) is 32.1 Å². The number of carbonyl (C=O) groups excluding carboxylic acids is 2. The average Bonchev–Trinajstić information content (AvgIpc) is 4.05. The number of aromatic nitrogens is 4. The number of anilines is 1. The van der Waals surface area contributed by atoms with E-state index in [-0.39, 0.29) is 23.7 Å². The molecule has 2 aromatic carbocycles. The largest absolute Gasteiger partial charge is 0.457 e. The van der Waals surface area contributed by atoms with Gasteiger partial charge in [-0.15, -0.1) is 0 Å².